The second-order valence-electron chi connectivity index (χ2n) is 4.09. The van der Waals surface area contributed by atoms with Crippen molar-refractivity contribution >= 4 is 44.6 Å². The van der Waals surface area contributed by atoms with Crippen LogP contribution >= 0.6 is 28.1 Å². The lowest BCUT2D eigenvalue weighted by Gasteiger charge is -2.13. The van der Waals surface area contributed by atoms with Crippen LogP contribution in [0.3, 0.4) is 0 Å². The summed E-state index contributed by atoms with van der Waals surface area (Å²) in [5.41, 5.74) is 5.32. The quantitative estimate of drug-likeness (QED) is 0.787. The predicted molar refractivity (Wildman–Crippen MR) is 82.6 cm³/mol. The Morgan fingerprint density at radius 1 is 1.24 bits per heavy atom. The van der Waals surface area contributed by atoms with Crippen LogP contribution < -0.4 is 11.1 Å². The molecule has 3 nitrogen and oxygen atoms in total. The molecule has 1 aromatic carbocycles. The van der Waals surface area contributed by atoms with Crippen molar-refractivity contribution < 1.29 is 13.2 Å². The number of nitrogens with one attached hydrogen (secondary N) is 1. The monoisotopic (exact) mass is 375 g/mol. The summed E-state index contributed by atoms with van der Waals surface area (Å²) in [6.45, 7) is 0. The van der Waals surface area contributed by atoms with Gasteiger partial charge in [-0.15, -0.1) is 0 Å². The number of nitrogens with two attached hydrogens (primary N) is 1. The van der Waals surface area contributed by atoms with Crippen LogP contribution in [0.25, 0.3) is 0 Å². The Balaban J connectivity index is 2.46. The second kappa shape index (κ2) is 5.98. The fraction of sp³-hybridized carbons (Fsp3) is 0.0769. The van der Waals surface area contributed by atoms with Gasteiger partial charge < -0.3 is 11.1 Å². The van der Waals surface area contributed by atoms with Gasteiger partial charge in [0.15, 0.2) is 0 Å². The van der Waals surface area contributed by atoms with E-state index in [4.69, 9.17) is 18.0 Å². The number of alkyl halides is 3. The maximum atomic E-state index is 12.7. The van der Waals surface area contributed by atoms with E-state index >= 15 is 0 Å². The fourth-order valence-electron chi connectivity index (χ4n) is 1.61. The number of hydrogen-bond donors (Lipinski definition) is 2. The van der Waals surface area contributed by atoms with Crippen molar-refractivity contribution in [2.24, 2.45) is 5.73 Å². The van der Waals surface area contributed by atoms with Gasteiger partial charge in [0, 0.05) is 10.2 Å². The van der Waals surface area contributed by atoms with Crippen LogP contribution in [0.2, 0.25) is 0 Å². The predicted octanol–water partition coefficient (Wildman–Crippen LogP) is 4.24. The maximum absolute atomic E-state index is 12.7. The summed E-state index contributed by atoms with van der Waals surface area (Å²) in [5.74, 6) is -0.0320. The number of pyridine rings is 1. The molecule has 0 aliphatic rings. The Labute approximate surface area is 132 Å². The van der Waals surface area contributed by atoms with Crippen molar-refractivity contribution in [3.8, 4) is 0 Å². The van der Waals surface area contributed by atoms with Gasteiger partial charge >= 0.3 is 6.18 Å². The van der Waals surface area contributed by atoms with Crippen molar-refractivity contribution in [3.63, 3.8) is 0 Å². The van der Waals surface area contributed by atoms with Crippen molar-refractivity contribution in [3.05, 3.63) is 52.1 Å². The van der Waals surface area contributed by atoms with E-state index in [9.17, 15) is 13.2 Å². The van der Waals surface area contributed by atoms with E-state index in [0.717, 1.165) is 10.5 Å². The minimum Gasteiger partial charge on any atom is -0.389 e. The molecular formula is C13H9BrF3N3S. The average molecular weight is 376 g/mol. The summed E-state index contributed by atoms with van der Waals surface area (Å²) in [4.78, 5) is 3.54. The number of rotatable bonds is 3. The van der Waals surface area contributed by atoms with Gasteiger partial charge in [0.05, 0.1) is 5.56 Å². The first-order valence-electron chi connectivity index (χ1n) is 5.68. The largest absolute Gasteiger partial charge is 0.433 e. The lowest BCUT2D eigenvalue weighted by atomic mass is 10.2. The van der Waals surface area contributed by atoms with Crippen LogP contribution in [0.15, 0.2) is 40.9 Å². The molecule has 2 rings (SSSR count). The molecule has 8 heteroatoms. The second-order valence-corrected chi connectivity index (χ2v) is 5.45. The molecule has 0 amide bonds. The van der Waals surface area contributed by atoms with Gasteiger partial charge in [-0.2, -0.15) is 13.2 Å². The van der Waals surface area contributed by atoms with Crippen LogP contribution in [0, 0.1) is 0 Å². The number of thiocarbonyl (C=S) groups is 1. The van der Waals surface area contributed by atoms with Crippen LogP contribution in [0.4, 0.5) is 24.7 Å². The van der Waals surface area contributed by atoms with Gasteiger partial charge in [-0.3, -0.25) is 0 Å². The number of aromatic nitrogens is 1. The highest BCUT2D eigenvalue weighted by molar-refractivity contribution is 9.10. The van der Waals surface area contributed by atoms with Gasteiger partial charge in [-0.05, 0) is 30.3 Å². The average Bonchev–Trinajstić information content (AvgIpc) is 2.37. The van der Waals surface area contributed by atoms with Crippen molar-refractivity contribution in [2.45, 2.75) is 6.18 Å². The zero-order chi connectivity index (χ0) is 15.6. The minimum absolute atomic E-state index is 0.0320. The summed E-state index contributed by atoms with van der Waals surface area (Å²) in [5, 5.41) is 2.80. The molecule has 0 aliphatic heterocycles. The van der Waals surface area contributed by atoms with Crippen molar-refractivity contribution in [1.29, 1.82) is 0 Å². The SMILES string of the molecule is NC(=S)c1ccc(C(F)(F)F)nc1Nc1cccc(Br)c1. The summed E-state index contributed by atoms with van der Waals surface area (Å²) in [6.07, 6.45) is -4.54. The minimum atomic E-state index is -4.54. The topological polar surface area (TPSA) is 50.9 Å². The van der Waals surface area contributed by atoms with Gasteiger partial charge in [-0.1, -0.05) is 34.2 Å². The maximum Gasteiger partial charge on any atom is 0.433 e. The lowest BCUT2D eigenvalue weighted by Crippen LogP contribution is -2.16. The zero-order valence-electron chi connectivity index (χ0n) is 10.4. The molecule has 0 saturated heterocycles. The van der Waals surface area contributed by atoms with E-state index in [1.54, 1.807) is 24.3 Å². The fourth-order valence-corrected chi connectivity index (χ4v) is 2.18. The van der Waals surface area contributed by atoms with E-state index in [1.165, 1.54) is 6.07 Å². The molecule has 0 unspecified atom stereocenters. The molecular weight excluding hydrogens is 367 g/mol. The molecule has 0 bridgehead atoms. The Hall–Kier alpha value is -1.67. The molecule has 0 radical (unpaired) electrons. The Bertz CT molecular complexity index is 689. The van der Waals surface area contributed by atoms with Gasteiger partial charge in [0.25, 0.3) is 0 Å². The van der Waals surface area contributed by atoms with E-state index in [2.05, 4.69) is 26.2 Å². The highest BCUT2D eigenvalue weighted by atomic mass is 79.9. The molecule has 0 fully saturated rings. The summed E-state index contributed by atoms with van der Waals surface area (Å²) in [6, 6.07) is 8.97. The number of anilines is 2. The third kappa shape index (κ3) is 3.92. The first kappa shape index (κ1) is 15.7. The van der Waals surface area contributed by atoms with Gasteiger partial charge in [-0.25, -0.2) is 4.98 Å². The molecule has 1 aromatic heterocycles. The summed E-state index contributed by atoms with van der Waals surface area (Å²) >= 11 is 8.11. The van der Waals surface area contributed by atoms with Gasteiger partial charge in [0.2, 0.25) is 0 Å². The smallest absolute Gasteiger partial charge is 0.389 e. The number of nitrogens with zero attached hydrogens (tertiary/aromatic N) is 1. The molecule has 1 heterocycles. The Kier molecular flexibility index (Phi) is 4.48. The molecule has 0 spiro atoms. The van der Waals surface area contributed by atoms with Crippen LogP contribution in [0.5, 0.6) is 0 Å². The van der Waals surface area contributed by atoms with E-state index in [0.29, 0.717) is 5.69 Å². The summed E-state index contributed by atoms with van der Waals surface area (Å²) in [7, 11) is 0. The molecule has 3 N–H and O–H groups in total. The highest BCUT2D eigenvalue weighted by Gasteiger charge is 2.33. The van der Waals surface area contributed by atoms with Crippen molar-refractivity contribution in [2.75, 3.05) is 5.32 Å². The number of benzene rings is 1. The molecule has 0 saturated carbocycles. The zero-order valence-corrected chi connectivity index (χ0v) is 12.8. The number of hydrogen-bond acceptors (Lipinski definition) is 3. The molecule has 110 valence electrons. The van der Waals surface area contributed by atoms with Crippen molar-refractivity contribution in [1.82, 2.24) is 4.98 Å². The standard InChI is InChI=1S/C13H9BrF3N3S/c14-7-2-1-3-8(6-7)19-12-9(11(18)21)4-5-10(20-12)13(15,16)17/h1-6H,(H2,18,21)(H,19,20). The molecule has 0 atom stereocenters. The van der Waals surface area contributed by atoms with Crippen LogP contribution in [-0.4, -0.2) is 9.97 Å². The number of halogens is 4. The third-order valence-corrected chi connectivity index (χ3v) is 3.25. The highest BCUT2D eigenvalue weighted by Crippen LogP contribution is 2.30. The van der Waals surface area contributed by atoms with E-state index in [1.807, 2.05) is 0 Å². The Morgan fingerprint density at radius 3 is 2.52 bits per heavy atom. The first-order valence-corrected chi connectivity index (χ1v) is 6.88. The van der Waals surface area contributed by atoms with E-state index in [-0.39, 0.29) is 16.4 Å². The molecule has 2 aromatic rings. The summed E-state index contributed by atoms with van der Waals surface area (Å²) < 4.78 is 39.0. The molecule has 0 aliphatic carbocycles. The van der Waals surface area contributed by atoms with E-state index < -0.39 is 11.9 Å². The van der Waals surface area contributed by atoms with Gasteiger partial charge in [0.1, 0.15) is 16.5 Å². The molecule has 21 heavy (non-hydrogen) atoms. The lowest BCUT2D eigenvalue weighted by molar-refractivity contribution is -0.141. The third-order valence-electron chi connectivity index (χ3n) is 2.54. The normalized spacial score (nSPS) is 11.2. The first-order chi connectivity index (χ1) is 9.77. The van der Waals surface area contributed by atoms with Crippen LogP contribution in [0.1, 0.15) is 11.3 Å². The Morgan fingerprint density at radius 2 is 1.95 bits per heavy atom. The van der Waals surface area contributed by atoms with Crippen LogP contribution in [-0.2, 0) is 6.18 Å².